The first-order valence-corrected chi connectivity index (χ1v) is 10.9. The van der Waals surface area contributed by atoms with Crippen molar-refractivity contribution in [2.24, 2.45) is 5.92 Å². The standard InChI is InChI=1S/C25H30N2O/c28-24(22-7-5-19(6-8-22)17-20-10-14-26-18-20)27-15-12-25(13-16-27)11-9-21-3-1-2-4-23(21)25/h1-8,20,26H,9-18H2. The maximum absolute atomic E-state index is 13.0. The van der Waals surface area contributed by atoms with E-state index in [1.165, 1.54) is 30.4 Å². The zero-order valence-corrected chi connectivity index (χ0v) is 16.6. The first-order valence-electron chi connectivity index (χ1n) is 10.9. The fraction of sp³-hybridized carbons (Fsp3) is 0.480. The molecule has 2 aromatic rings. The summed E-state index contributed by atoms with van der Waals surface area (Å²) in [4.78, 5) is 15.1. The molecule has 28 heavy (non-hydrogen) atoms. The van der Waals surface area contributed by atoms with E-state index in [9.17, 15) is 4.79 Å². The minimum Gasteiger partial charge on any atom is -0.339 e. The van der Waals surface area contributed by atoms with Crippen LogP contribution in [0.5, 0.6) is 0 Å². The summed E-state index contributed by atoms with van der Waals surface area (Å²) in [5.74, 6) is 0.948. The lowest BCUT2D eigenvalue weighted by molar-refractivity contribution is 0.0666. The van der Waals surface area contributed by atoms with Crippen molar-refractivity contribution >= 4 is 5.91 Å². The second-order valence-corrected chi connectivity index (χ2v) is 8.99. The quantitative estimate of drug-likeness (QED) is 0.882. The minimum absolute atomic E-state index is 0.204. The summed E-state index contributed by atoms with van der Waals surface area (Å²) >= 11 is 0. The number of hydrogen-bond donors (Lipinski definition) is 1. The van der Waals surface area contributed by atoms with E-state index < -0.39 is 0 Å². The lowest BCUT2D eigenvalue weighted by Gasteiger charge is -2.40. The van der Waals surface area contributed by atoms with E-state index in [-0.39, 0.29) is 5.91 Å². The van der Waals surface area contributed by atoms with Gasteiger partial charge in [0.25, 0.3) is 5.91 Å². The van der Waals surface area contributed by atoms with Gasteiger partial charge in [-0.1, -0.05) is 36.4 Å². The Morgan fingerprint density at radius 2 is 1.82 bits per heavy atom. The summed E-state index contributed by atoms with van der Waals surface area (Å²) in [7, 11) is 0. The average molecular weight is 375 g/mol. The molecular weight excluding hydrogens is 344 g/mol. The Balaban J connectivity index is 1.22. The number of fused-ring (bicyclic) bond motifs is 2. The summed E-state index contributed by atoms with van der Waals surface area (Å²) in [6.45, 7) is 4.02. The van der Waals surface area contributed by atoms with Crippen LogP contribution in [0.25, 0.3) is 0 Å². The van der Waals surface area contributed by atoms with E-state index >= 15 is 0 Å². The van der Waals surface area contributed by atoms with E-state index in [1.807, 2.05) is 12.1 Å². The zero-order valence-electron chi connectivity index (χ0n) is 16.6. The fourth-order valence-electron chi connectivity index (χ4n) is 5.61. The summed E-state index contributed by atoms with van der Waals surface area (Å²) in [5.41, 5.74) is 5.58. The third kappa shape index (κ3) is 3.26. The number of benzene rings is 2. The highest BCUT2D eigenvalue weighted by atomic mass is 16.2. The molecule has 3 heteroatoms. The molecule has 1 aliphatic carbocycles. The number of rotatable bonds is 3. The van der Waals surface area contributed by atoms with Crippen LogP contribution in [0.15, 0.2) is 48.5 Å². The van der Waals surface area contributed by atoms with Crippen molar-refractivity contribution in [1.29, 1.82) is 0 Å². The van der Waals surface area contributed by atoms with Crippen LogP contribution in [0.4, 0.5) is 0 Å². The molecule has 0 bridgehead atoms. The minimum atomic E-state index is 0.204. The van der Waals surface area contributed by atoms with Gasteiger partial charge in [0.15, 0.2) is 0 Å². The van der Waals surface area contributed by atoms with Crippen molar-refractivity contribution in [3.8, 4) is 0 Å². The fourth-order valence-corrected chi connectivity index (χ4v) is 5.61. The molecule has 2 heterocycles. The monoisotopic (exact) mass is 374 g/mol. The molecule has 1 unspecified atom stereocenters. The van der Waals surface area contributed by atoms with Crippen LogP contribution in [-0.4, -0.2) is 37.0 Å². The van der Waals surface area contributed by atoms with Crippen LogP contribution in [-0.2, 0) is 18.3 Å². The predicted molar refractivity (Wildman–Crippen MR) is 113 cm³/mol. The van der Waals surface area contributed by atoms with E-state index in [1.54, 1.807) is 5.56 Å². The summed E-state index contributed by atoms with van der Waals surface area (Å²) in [6, 6.07) is 17.3. The van der Waals surface area contributed by atoms with Crippen molar-refractivity contribution in [3.63, 3.8) is 0 Å². The number of amides is 1. The van der Waals surface area contributed by atoms with E-state index in [0.717, 1.165) is 56.9 Å². The van der Waals surface area contributed by atoms with Gasteiger partial charge in [-0.2, -0.15) is 0 Å². The maximum Gasteiger partial charge on any atom is 0.253 e. The van der Waals surface area contributed by atoms with Gasteiger partial charge in [-0.3, -0.25) is 4.79 Å². The molecule has 3 aliphatic rings. The molecule has 0 aromatic heterocycles. The van der Waals surface area contributed by atoms with Gasteiger partial charge >= 0.3 is 0 Å². The smallest absolute Gasteiger partial charge is 0.253 e. The molecule has 5 rings (SSSR count). The van der Waals surface area contributed by atoms with Gasteiger partial charge in [-0.25, -0.2) is 0 Å². The molecule has 2 saturated heterocycles. The number of hydrogen-bond acceptors (Lipinski definition) is 2. The number of carbonyl (C=O) groups excluding carboxylic acids is 1. The average Bonchev–Trinajstić information content (AvgIpc) is 3.38. The third-order valence-electron chi connectivity index (χ3n) is 7.36. The van der Waals surface area contributed by atoms with Crippen molar-refractivity contribution in [3.05, 3.63) is 70.8 Å². The van der Waals surface area contributed by atoms with Gasteiger partial charge in [0.2, 0.25) is 0 Å². The van der Waals surface area contributed by atoms with E-state index in [2.05, 4.69) is 46.6 Å². The number of piperidine rings is 1. The van der Waals surface area contributed by atoms with Gasteiger partial charge in [-0.05, 0) is 91.8 Å². The highest BCUT2D eigenvalue weighted by Gasteiger charge is 2.41. The van der Waals surface area contributed by atoms with Gasteiger partial charge in [0.05, 0.1) is 0 Å². The highest BCUT2D eigenvalue weighted by molar-refractivity contribution is 5.94. The van der Waals surface area contributed by atoms with Crippen molar-refractivity contribution in [2.45, 2.75) is 43.9 Å². The predicted octanol–water partition coefficient (Wildman–Crippen LogP) is 3.96. The summed E-state index contributed by atoms with van der Waals surface area (Å²) in [6.07, 6.45) is 7.03. The number of carbonyl (C=O) groups is 1. The number of aryl methyl sites for hydroxylation is 1. The van der Waals surface area contributed by atoms with Crippen molar-refractivity contribution < 1.29 is 4.79 Å². The van der Waals surface area contributed by atoms with Crippen LogP contribution in [0, 0.1) is 5.92 Å². The van der Waals surface area contributed by atoms with E-state index in [4.69, 9.17) is 0 Å². The van der Waals surface area contributed by atoms with Crippen LogP contribution in [0.3, 0.4) is 0 Å². The Bertz CT molecular complexity index is 843. The second kappa shape index (κ2) is 7.36. The van der Waals surface area contributed by atoms with Gasteiger partial charge in [0.1, 0.15) is 0 Å². The molecule has 0 saturated carbocycles. The lowest BCUT2D eigenvalue weighted by Crippen LogP contribution is -2.44. The first-order chi connectivity index (χ1) is 13.7. The highest BCUT2D eigenvalue weighted by Crippen LogP contribution is 2.46. The topological polar surface area (TPSA) is 32.3 Å². The molecule has 146 valence electrons. The maximum atomic E-state index is 13.0. The summed E-state index contributed by atoms with van der Waals surface area (Å²) < 4.78 is 0. The van der Waals surface area contributed by atoms with Crippen molar-refractivity contribution in [2.75, 3.05) is 26.2 Å². The molecule has 2 aliphatic heterocycles. The Hall–Kier alpha value is -2.13. The zero-order chi connectivity index (χ0) is 19.0. The molecule has 1 N–H and O–H groups in total. The van der Waals surface area contributed by atoms with Gasteiger partial charge in [0, 0.05) is 18.7 Å². The number of nitrogens with one attached hydrogen (secondary N) is 1. The Labute approximate surface area is 168 Å². The summed E-state index contributed by atoms with van der Waals surface area (Å²) in [5, 5.41) is 3.43. The lowest BCUT2D eigenvalue weighted by atomic mass is 9.74. The van der Waals surface area contributed by atoms with Crippen molar-refractivity contribution in [1.82, 2.24) is 10.2 Å². The molecule has 2 aromatic carbocycles. The Morgan fingerprint density at radius 3 is 2.57 bits per heavy atom. The third-order valence-corrected chi connectivity index (χ3v) is 7.36. The molecule has 3 nitrogen and oxygen atoms in total. The van der Waals surface area contributed by atoms with Gasteiger partial charge < -0.3 is 10.2 Å². The molecule has 1 atom stereocenters. The normalized spacial score (nSPS) is 23.1. The Kier molecular flexibility index (Phi) is 4.72. The number of nitrogens with zero attached hydrogens (tertiary/aromatic N) is 1. The molecular formula is C25H30N2O. The largest absolute Gasteiger partial charge is 0.339 e. The Morgan fingerprint density at radius 1 is 1.04 bits per heavy atom. The van der Waals surface area contributed by atoms with Crippen LogP contribution in [0.2, 0.25) is 0 Å². The molecule has 0 radical (unpaired) electrons. The van der Waals surface area contributed by atoms with Gasteiger partial charge in [-0.15, -0.1) is 0 Å². The molecule has 2 fully saturated rings. The first kappa shape index (κ1) is 17.9. The van der Waals surface area contributed by atoms with Crippen LogP contribution >= 0.6 is 0 Å². The number of likely N-dealkylation sites (tertiary alicyclic amines) is 1. The second-order valence-electron chi connectivity index (χ2n) is 8.99. The van der Waals surface area contributed by atoms with Crippen LogP contribution < -0.4 is 5.32 Å². The SMILES string of the molecule is O=C(c1ccc(CC2CCNC2)cc1)N1CCC2(CCc3ccccc32)CC1. The molecule has 1 amide bonds. The van der Waals surface area contributed by atoms with E-state index in [0.29, 0.717) is 5.41 Å². The molecule has 1 spiro atoms. The van der Waals surface area contributed by atoms with Crippen LogP contribution in [0.1, 0.15) is 52.7 Å².